The lowest BCUT2D eigenvalue weighted by molar-refractivity contribution is 0.0517. The van der Waals surface area contributed by atoms with Crippen LogP contribution in [0, 0.1) is 18.3 Å². The highest BCUT2D eigenvalue weighted by Gasteiger charge is 2.36. The van der Waals surface area contributed by atoms with Crippen LogP contribution >= 0.6 is 0 Å². The average molecular weight is 336 g/mol. The van der Waals surface area contributed by atoms with E-state index in [0.717, 1.165) is 18.4 Å². The molecule has 1 atom stereocenters. The Hall–Kier alpha value is -1.42. The highest BCUT2D eigenvalue weighted by molar-refractivity contribution is 7.90. The minimum absolute atomic E-state index is 0.271. The van der Waals surface area contributed by atoms with Crippen LogP contribution < -0.4 is 4.72 Å². The van der Waals surface area contributed by atoms with Gasteiger partial charge < -0.3 is 4.74 Å². The van der Waals surface area contributed by atoms with E-state index < -0.39 is 15.3 Å². The zero-order chi connectivity index (χ0) is 16.9. The minimum atomic E-state index is -3.63. The Morgan fingerprint density at radius 2 is 1.91 bits per heavy atom. The van der Waals surface area contributed by atoms with Crippen molar-refractivity contribution < 1.29 is 13.2 Å². The topological polar surface area (TPSA) is 79.2 Å². The van der Waals surface area contributed by atoms with Crippen LogP contribution in [0.2, 0.25) is 0 Å². The van der Waals surface area contributed by atoms with E-state index >= 15 is 0 Å². The van der Waals surface area contributed by atoms with Crippen LogP contribution in [-0.2, 0) is 20.2 Å². The van der Waals surface area contributed by atoms with E-state index in [9.17, 15) is 8.42 Å². The largest absolute Gasteiger partial charge is 0.381 e. The highest BCUT2D eigenvalue weighted by atomic mass is 32.2. The minimum Gasteiger partial charge on any atom is -0.381 e. The molecule has 23 heavy (non-hydrogen) atoms. The Labute approximate surface area is 138 Å². The van der Waals surface area contributed by atoms with Crippen LogP contribution in [0.1, 0.15) is 37.3 Å². The summed E-state index contributed by atoms with van der Waals surface area (Å²) in [6, 6.07) is 10.1. The molecule has 1 aromatic rings. The summed E-state index contributed by atoms with van der Waals surface area (Å²) in [5, 5.41) is 8.02. The number of nitriles is 1. The van der Waals surface area contributed by atoms with Crippen LogP contribution in [0.4, 0.5) is 0 Å². The quantitative estimate of drug-likeness (QED) is 0.864. The summed E-state index contributed by atoms with van der Waals surface area (Å²) in [5.41, 5.74) is 2.03. The van der Waals surface area contributed by atoms with Gasteiger partial charge in [-0.2, -0.15) is 5.26 Å². The van der Waals surface area contributed by atoms with E-state index in [1.807, 2.05) is 25.1 Å². The first-order valence-electron chi connectivity index (χ1n) is 7.96. The summed E-state index contributed by atoms with van der Waals surface area (Å²) in [5.74, 6) is 0. The molecular formula is C17H24N2O3S. The van der Waals surface area contributed by atoms with Crippen molar-refractivity contribution in [3.8, 4) is 6.07 Å². The van der Waals surface area contributed by atoms with E-state index in [1.54, 1.807) is 6.92 Å². The highest BCUT2D eigenvalue weighted by Crippen LogP contribution is 2.34. The number of hydrogen-bond donors (Lipinski definition) is 1. The maximum absolute atomic E-state index is 12.3. The summed E-state index contributed by atoms with van der Waals surface area (Å²) < 4.78 is 32.7. The van der Waals surface area contributed by atoms with Gasteiger partial charge in [-0.05, 0) is 31.7 Å². The molecule has 6 heteroatoms. The van der Waals surface area contributed by atoms with Gasteiger partial charge in [-0.25, -0.2) is 13.1 Å². The lowest BCUT2D eigenvalue weighted by atomic mass is 9.74. The van der Waals surface area contributed by atoms with Gasteiger partial charge in [0.1, 0.15) is 0 Å². The average Bonchev–Trinajstić information content (AvgIpc) is 2.55. The summed E-state index contributed by atoms with van der Waals surface area (Å²) in [6.07, 6.45) is 1.82. The van der Waals surface area contributed by atoms with E-state index in [-0.39, 0.29) is 11.8 Å². The molecular weight excluding hydrogens is 312 g/mol. The first-order chi connectivity index (χ1) is 10.9. The summed E-state index contributed by atoms with van der Waals surface area (Å²) in [6.45, 7) is 5.27. The SMILES string of the molecule is CCC(C#N)S(=O)(=O)NCC1(c2ccc(C)cc2)CCOCC1. The van der Waals surface area contributed by atoms with Gasteiger partial charge in [-0.15, -0.1) is 0 Å². The zero-order valence-electron chi connectivity index (χ0n) is 13.7. The molecule has 1 aliphatic rings. The third-order valence-electron chi connectivity index (χ3n) is 4.61. The maximum atomic E-state index is 12.3. The number of benzene rings is 1. The fourth-order valence-electron chi connectivity index (χ4n) is 2.96. The van der Waals surface area contributed by atoms with Crippen LogP contribution in [0.5, 0.6) is 0 Å². The molecule has 0 aliphatic carbocycles. The van der Waals surface area contributed by atoms with Crippen molar-refractivity contribution in [1.82, 2.24) is 4.72 Å². The summed E-state index contributed by atoms with van der Waals surface area (Å²) in [4.78, 5) is 0. The zero-order valence-corrected chi connectivity index (χ0v) is 14.5. The number of ether oxygens (including phenoxy) is 1. The Balaban J connectivity index is 2.23. The van der Waals surface area contributed by atoms with Gasteiger partial charge >= 0.3 is 0 Å². The molecule has 0 saturated carbocycles. The van der Waals surface area contributed by atoms with Gasteiger partial charge in [0.15, 0.2) is 5.25 Å². The van der Waals surface area contributed by atoms with Crippen LogP contribution in [0.3, 0.4) is 0 Å². The molecule has 1 N–H and O–H groups in total. The van der Waals surface area contributed by atoms with Crippen molar-refractivity contribution in [1.29, 1.82) is 5.26 Å². The second kappa shape index (κ2) is 7.43. The first-order valence-corrected chi connectivity index (χ1v) is 9.51. The molecule has 1 aromatic carbocycles. The Bertz CT molecular complexity index is 656. The molecule has 1 saturated heterocycles. The number of sulfonamides is 1. The fraction of sp³-hybridized carbons (Fsp3) is 0.588. The molecule has 0 bridgehead atoms. The first kappa shape index (κ1) is 17.9. The van der Waals surface area contributed by atoms with Gasteiger partial charge in [-0.1, -0.05) is 36.8 Å². The van der Waals surface area contributed by atoms with Gasteiger partial charge in [0, 0.05) is 25.2 Å². The van der Waals surface area contributed by atoms with E-state index in [0.29, 0.717) is 19.8 Å². The van der Waals surface area contributed by atoms with Crippen molar-refractivity contribution >= 4 is 10.0 Å². The molecule has 0 aromatic heterocycles. The summed E-state index contributed by atoms with van der Waals surface area (Å²) >= 11 is 0. The van der Waals surface area contributed by atoms with Crippen molar-refractivity contribution in [2.75, 3.05) is 19.8 Å². The van der Waals surface area contributed by atoms with Crippen LogP contribution in [0.15, 0.2) is 24.3 Å². The lowest BCUT2D eigenvalue weighted by Gasteiger charge is -2.38. The third-order valence-corrected chi connectivity index (χ3v) is 6.35. The second-order valence-corrected chi connectivity index (χ2v) is 8.10. The van der Waals surface area contributed by atoms with Crippen molar-refractivity contribution in [2.45, 2.75) is 43.8 Å². The van der Waals surface area contributed by atoms with E-state index in [4.69, 9.17) is 10.00 Å². The molecule has 1 fully saturated rings. The predicted molar refractivity (Wildman–Crippen MR) is 89.5 cm³/mol. The Morgan fingerprint density at radius 3 is 2.43 bits per heavy atom. The number of aryl methyl sites for hydroxylation is 1. The van der Waals surface area contributed by atoms with Crippen molar-refractivity contribution in [3.63, 3.8) is 0 Å². The normalized spacial score (nSPS) is 19.0. The second-order valence-electron chi connectivity index (χ2n) is 6.15. The Kier molecular flexibility index (Phi) is 5.79. The third kappa shape index (κ3) is 4.11. The number of rotatable bonds is 6. The van der Waals surface area contributed by atoms with E-state index in [1.165, 1.54) is 5.56 Å². The van der Waals surface area contributed by atoms with Crippen molar-refractivity contribution in [2.24, 2.45) is 0 Å². The maximum Gasteiger partial charge on any atom is 0.227 e. The Morgan fingerprint density at radius 1 is 1.30 bits per heavy atom. The molecule has 0 amide bonds. The lowest BCUT2D eigenvalue weighted by Crippen LogP contribution is -2.46. The smallest absolute Gasteiger partial charge is 0.227 e. The van der Waals surface area contributed by atoms with Crippen molar-refractivity contribution in [3.05, 3.63) is 35.4 Å². The van der Waals surface area contributed by atoms with Gasteiger partial charge in [0.25, 0.3) is 0 Å². The van der Waals surface area contributed by atoms with Gasteiger partial charge in [0.2, 0.25) is 10.0 Å². The van der Waals surface area contributed by atoms with Crippen LogP contribution in [0.25, 0.3) is 0 Å². The van der Waals surface area contributed by atoms with Gasteiger partial charge in [0.05, 0.1) is 6.07 Å². The standard InChI is InChI=1S/C17H24N2O3S/c1-3-16(12-18)23(20,21)19-13-17(8-10-22-11-9-17)15-6-4-14(2)5-7-15/h4-7,16,19H,3,8-11,13H2,1-2H3. The molecule has 5 nitrogen and oxygen atoms in total. The van der Waals surface area contributed by atoms with E-state index in [2.05, 4.69) is 16.9 Å². The molecule has 126 valence electrons. The molecule has 2 rings (SSSR count). The molecule has 0 spiro atoms. The molecule has 1 aliphatic heterocycles. The van der Waals surface area contributed by atoms with Crippen LogP contribution in [-0.4, -0.2) is 33.4 Å². The summed E-state index contributed by atoms with van der Waals surface area (Å²) in [7, 11) is -3.63. The fourth-order valence-corrected chi connectivity index (χ4v) is 4.21. The molecule has 1 unspecified atom stereocenters. The monoisotopic (exact) mass is 336 g/mol. The molecule has 1 heterocycles. The predicted octanol–water partition coefficient (Wildman–Crippen LogP) is 2.26. The van der Waals surface area contributed by atoms with Gasteiger partial charge in [-0.3, -0.25) is 0 Å². The molecule has 0 radical (unpaired) electrons. The number of nitrogens with one attached hydrogen (secondary N) is 1. The number of hydrogen-bond acceptors (Lipinski definition) is 4. The number of nitrogens with zero attached hydrogens (tertiary/aromatic N) is 1.